The molecule has 0 amide bonds. The summed E-state index contributed by atoms with van der Waals surface area (Å²) in [5.74, 6) is 0. The van der Waals surface area contributed by atoms with Crippen LogP contribution in [0, 0.1) is 0 Å². The number of hydrogen-bond acceptors (Lipinski definition) is 4. The third-order valence-electron chi connectivity index (χ3n) is 4.49. The molecule has 162 valence electrons. The maximum atomic E-state index is 10.4. The standard InChI is InChI=1S/C20H24Cl4N2O2.ClH/c1-25(11-19(27)13-3-5-15(21)17(23)9-13)7-8-26(2)12-20(28)14-4-6-16(22)18(24)10-14;/h3-6,9-10,19-20,27-28H,7-8,11-12H2,1-2H3;1H. The number of benzene rings is 2. The maximum Gasteiger partial charge on any atom is 0.0917 e. The van der Waals surface area contributed by atoms with Crippen molar-refractivity contribution in [3.63, 3.8) is 0 Å². The minimum atomic E-state index is -0.660. The number of rotatable bonds is 9. The monoisotopic (exact) mass is 500 g/mol. The van der Waals surface area contributed by atoms with Crippen molar-refractivity contribution in [2.75, 3.05) is 40.3 Å². The van der Waals surface area contributed by atoms with Gasteiger partial charge >= 0.3 is 0 Å². The van der Waals surface area contributed by atoms with E-state index in [0.29, 0.717) is 33.2 Å². The molecule has 2 aromatic rings. The molecule has 2 atom stereocenters. The van der Waals surface area contributed by atoms with Gasteiger partial charge in [0, 0.05) is 26.2 Å². The average molecular weight is 503 g/mol. The molecule has 29 heavy (non-hydrogen) atoms. The molecule has 0 aliphatic heterocycles. The number of nitrogens with zero attached hydrogens (tertiary/aromatic N) is 2. The highest BCUT2D eigenvalue weighted by Gasteiger charge is 2.15. The van der Waals surface area contributed by atoms with Gasteiger partial charge in [-0.2, -0.15) is 0 Å². The second-order valence-corrected chi connectivity index (χ2v) is 8.53. The van der Waals surface area contributed by atoms with Crippen LogP contribution < -0.4 is 0 Å². The van der Waals surface area contributed by atoms with Crippen LogP contribution in [0.15, 0.2) is 36.4 Å². The zero-order chi connectivity index (χ0) is 20.8. The van der Waals surface area contributed by atoms with Crippen LogP contribution >= 0.6 is 58.8 Å². The van der Waals surface area contributed by atoms with Gasteiger partial charge in [-0.3, -0.25) is 0 Å². The first-order valence-electron chi connectivity index (χ1n) is 8.80. The van der Waals surface area contributed by atoms with Gasteiger partial charge in [-0.1, -0.05) is 58.5 Å². The van der Waals surface area contributed by atoms with E-state index < -0.39 is 12.2 Å². The Morgan fingerprint density at radius 1 is 0.690 bits per heavy atom. The van der Waals surface area contributed by atoms with Crippen molar-refractivity contribution in [2.45, 2.75) is 12.2 Å². The van der Waals surface area contributed by atoms with Gasteiger partial charge < -0.3 is 20.0 Å². The largest absolute Gasteiger partial charge is 0.387 e. The summed E-state index contributed by atoms with van der Waals surface area (Å²) in [6, 6.07) is 10.3. The van der Waals surface area contributed by atoms with Gasteiger partial charge in [-0.25, -0.2) is 0 Å². The minimum absolute atomic E-state index is 0. The summed E-state index contributed by atoms with van der Waals surface area (Å²) >= 11 is 23.9. The fourth-order valence-corrected chi connectivity index (χ4v) is 3.38. The van der Waals surface area contributed by atoms with E-state index in [1.165, 1.54) is 0 Å². The molecular formula is C20H25Cl5N2O2. The Hall–Kier alpha value is -0.270. The lowest BCUT2D eigenvalue weighted by Crippen LogP contribution is -2.35. The first-order chi connectivity index (χ1) is 13.2. The first kappa shape index (κ1) is 26.8. The van der Waals surface area contributed by atoms with Crippen LogP contribution in [0.3, 0.4) is 0 Å². The Morgan fingerprint density at radius 3 is 1.34 bits per heavy atom. The fraction of sp³-hybridized carbons (Fsp3) is 0.400. The van der Waals surface area contributed by atoms with Gasteiger partial charge in [-0.05, 0) is 49.5 Å². The Balaban J connectivity index is 0.00000420. The molecule has 0 heterocycles. The summed E-state index contributed by atoms with van der Waals surface area (Å²) in [7, 11) is 3.87. The molecule has 0 bridgehead atoms. The lowest BCUT2D eigenvalue weighted by Gasteiger charge is -2.25. The van der Waals surface area contributed by atoms with E-state index in [1.54, 1.807) is 36.4 Å². The zero-order valence-corrected chi connectivity index (χ0v) is 20.0. The summed E-state index contributed by atoms with van der Waals surface area (Å²) in [6.45, 7) is 2.37. The molecule has 2 N–H and O–H groups in total. The van der Waals surface area contributed by atoms with Crippen LogP contribution in [0.1, 0.15) is 23.3 Å². The van der Waals surface area contributed by atoms with Crippen molar-refractivity contribution in [1.82, 2.24) is 9.80 Å². The van der Waals surface area contributed by atoms with Crippen LogP contribution in [0.4, 0.5) is 0 Å². The van der Waals surface area contributed by atoms with Gasteiger partial charge in [0.2, 0.25) is 0 Å². The van der Waals surface area contributed by atoms with Crippen molar-refractivity contribution in [2.24, 2.45) is 0 Å². The molecule has 0 aliphatic rings. The lowest BCUT2D eigenvalue weighted by molar-refractivity contribution is 0.103. The van der Waals surface area contributed by atoms with Crippen LogP contribution in [-0.4, -0.2) is 60.3 Å². The molecule has 0 radical (unpaired) electrons. The van der Waals surface area contributed by atoms with Crippen LogP contribution in [0.2, 0.25) is 20.1 Å². The van der Waals surface area contributed by atoms with Crippen LogP contribution in [-0.2, 0) is 0 Å². The number of aliphatic hydroxyl groups excluding tert-OH is 2. The van der Waals surface area contributed by atoms with Gasteiger partial charge in [0.25, 0.3) is 0 Å². The first-order valence-corrected chi connectivity index (χ1v) is 10.3. The molecule has 0 saturated heterocycles. The van der Waals surface area contributed by atoms with Gasteiger partial charge in [0.15, 0.2) is 0 Å². The molecule has 0 aliphatic carbocycles. The second-order valence-electron chi connectivity index (χ2n) is 6.90. The number of likely N-dealkylation sites (N-methyl/N-ethyl adjacent to an activating group) is 2. The summed E-state index contributed by atoms with van der Waals surface area (Å²) in [5.41, 5.74) is 1.45. The number of halogens is 5. The molecule has 2 aromatic carbocycles. The van der Waals surface area contributed by atoms with Crippen LogP contribution in [0.25, 0.3) is 0 Å². The zero-order valence-electron chi connectivity index (χ0n) is 16.2. The van der Waals surface area contributed by atoms with E-state index in [1.807, 2.05) is 23.9 Å². The molecule has 2 rings (SSSR count). The Kier molecular flexibility index (Phi) is 11.6. The molecule has 2 unspecified atom stereocenters. The topological polar surface area (TPSA) is 46.9 Å². The van der Waals surface area contributed by atoms with Crippen molar-refractivity contribution in [1.29, 1.82) is 0 Å². The maximum absolute atomic E-state index is 10.4. The highest BCUT2D eigenvalue weighted by atomic mass is 35.5. The third-order valence-corrected chi connectivity index (χ3v) is 5.97. The van der Waals surface area contributed by atoms with E-state index in [2.05, 4.69) is 0 Å². The summed E-state index contributed by atoms with van der Waals surface area (Å²) in [6.07, 6.45) is -1.32. The molecule has 0 saturated carbocycles. The van der Waals surface area contributed by atoms with Gasteiger partial charge in [-0.15, -0.1) is 12.4 Å². The average Bonchev–Trinajstić information content (AvgIpc) is 2.64. The predicted molar refractivity (Wildman–Crippen MR) is 125 cm³/mol. The lowest BCUT2D eigenvalue weighted by atomic mass is 10.1. The second kappa shape index (κ2) is 12.6. The quantitative estimate of drug-likeness (QED) is 0.485. The summed E-state index contributed by atoms with van der Waals surface area (Å²) < 4.78 is 0. The summed E-state index contributed by atoms with van der Waals surface area (Å²) in [5, 5.41) is 22.6. The Labute approximate surface area is 198 Å². The van der Waals surface area contributed by atoms with Crippen molar-refractivity contribution >= 4 is 58.8 Å². The molecule has 0 fully saturated rings. The van der Waals surface area contributed by atoms with Crippen molar-refractivity contribution in [3.8, 4) is 0 Å². The van der Waals surface area contributed by atoms with E-state index in [0.717, 1.165) is 24.2 Å². The minimum Gasteiger partial charge on any atom is -0.387 e. The molecule has 0 aromatic heterocycles. The van der Waals surface area contributed by atoms with Crippen LogP contribution in [0.5, 0.6) is 0 Å². The van der Waals surface area contributed by atoms with E-state index in [9.17, 15) is 10.2 Å². The van der Waals surface area contributed by atoms with Gasteiger partial charge in [0.05, 0.1) is 32.3 Å². The summed E-state index contributed by atoms with van der Waals surface area (Å²) in [4.78, 5) is 4.05. The van der Waals surface area contributed by atoms with Crippen molar-refractivity contribution < 1.29 is 10.2 Å². The Bertz CT molecular complexity index is 728. The highest BCUT2D eigenvalue weighted by molar-refractivity contribution is 6.42. The molecule has 0 spiro atoms. The SMILES string of the molecule is CN(CCN(C)CC(O)c1ccc(Cl)c(Cl)c1)CC(O)c1ccc(Cl)c(Cl)c1.Cl. The molecular weight excluding hydrogens is 477 g/mol. The van der Waals surface area contributed by atoms with E-state index >= 15 is 0 Å². The molecule has 4 nitrogen and oxygen atoms in total. The highest BCUT2D eigenvalue weighted by Crippen LogP contribution is 2.27. The fourth-order valence-electron chi connectivity index (χ4n) is 2.76. The third kappa shape index (κ3) is 8.41. The number of aliphatic hydroxyl groups is 2. The van der Waals surface area contributed by atoms with E-state index in [4.69, 9.17) is 46.4 Å². The smallest absolute Gasteiger partial charge is 0.0917 e. The predicted octanol–water partition coefficient (Wildman–Crippen LogP) is 5.35. The Morgan fingerprint density at radius 2 is 1.03 bits per heavy atom. The van der Waals surface area contributed by atoms with Crippen molar-refractivity contribution in [3.05, 3.63) is 67.6 Å². The van der Waals surface area contributed by atoms with E-state index in [-0.39, 0.29) is 12.4 Å². The van der Waals surface area contributed by atoms with Gasteiger partial charge in [0.1, 0.15) is 0 Å². The number of hydrogen-bond donors (Lipinski definition) is 2. The normalized spacial score (nSPS) is 13.4. The molecule has 9 heteroatoms.